The molecule has 0 unspecified atom stereocenters. The first kappa shape index (κ1) is 15.9. The molecule has 9 heteroatoms. The van der Waals surface area contributed by atoms with Gasteiger partial charge in [-0.15, -0.1) is 5.10 Å². The van der Waals surface area contributed by atoms with Crippen molar-refractivity contribution in [1.82, 2.24) is 20.3 Å². The smallest absolute Gasteiger partial charge is 0.234 e. The fourth-order valence-corrected chi connectivity index (χ4v) is 2.95. The summed E-state index contributed by atoms with van der Waals surface area (Å²) in [6.45, 7) is 0.227. The number of nitrogens with zero attached hydrogens (tertiary/aromatic N) is 3. The molecule has 112 valence electrons. The lowest BCUT2D eigenvalue weighted by Gasteiger charge is -2.08. The van der Waals surface area contributed by atoms with Crippen LogP contribution < -0.4 is 15.8 Å². The summed E-state index contributed by atoms with van der Waals surface area (Å²) in [6, 6.07) is 3.69. The van der Waals surface area contributed by atoms with Crippen molar-refractivity contribution in [2.24, 2.45) is 5.73 Å². The molecule has 1 aromatic heterocycles. The van der Waals surface area contributed by atoms with Crippen molar-refractivity contribution in [3.8, 4) is 11.4 Å². The third-order valence-electron chi connectivity index (χ3n) is 2.66. The van der Waals surface area contributed by atoms with E-state index in [-0.39, 0.29) is 19.0 Å². The van der Waals surface area contributed by atoms with Crippen LogP contribution in [0.5, 0.6) is 5.75 Å². The van der Waals surface area contributed by atoms with Crippen molar-refractivity contribution in [3.63, 3.8) is 0 Å². The normalized spacial score (nSPS) is 10.5. The Morgan fingerprint density at radius 3 is 2.86 bits per heavy atom. The highest BCUT2D eigenvalue weighted by Crippen LogP contribution is 2.33. The topological polar surface area (TPSA) is 95.1 Å². The molecule has 0 fully saturated rings. The number of hydrogen-bond acceptors (Lipinski definition) is 5. The molecule has 0 saturated heterocycles. The van der Waals surface area contributed by atoms with Crippen LogP contribution in [0.3, 0.4) is 0 Å². The molecule has 3 N–H and O–H groups in total. The van der Waals surface area contributed by atoms with E-state index < -0.39 is 0 Å². The Kier molecular flexibility index (Phi) is 5.32. The van der Waals surface area contributed by atoms with Crippen molar-refractivity contribution in [2.45, 2.75) is 6.54 Å². The van der Waals surface area contributed by atoms with Gasteiger partial charge in [-0.3, -0.25) is 4.79 Å². The molecule has 21 heavy (non-hydrogen) atoms. The van der Waals surface area contributed by atoms with Gasteiger partial charge in [-0.05, 0) is 37.9 Å². The predicted molar refractivity (Wildman–Crippen MR) is 84.2 cm³/mol. The van der Waals surface area contributed by atoms with E-state index in [1.165, 1.54) is 0 Å². The molecule has 2 rings (SSSR count). The Bertz CT molecular complexity index is 659. The van der Waals surface area contributed by atoms with E-state index in [4.69, 9.17) is 10.5 Å². The molecule has 0 aliphatic heterocycles. The molecular weight excluding hydrogens is 406 g/mol. The van der Waals surface area contributed by atoms with Crippen LogP contribution in [0, 0.1) is 0 Å². The van der Waals surface area contributed by atoms with Crippen LogP contribution in [0.25, 0.3) is 5.69 Å². The lowest BCUT2D eigenvalue weighted by atomic mass is 10.3. The highest BCUT2D eigenvalue weighted by Gasteiger charge is 2.11. The van der Waals surface area contributed by atoms with Crippen molar-refractivity contribution >= 4 is 37.8 Å². The van der Waals surface area contributed by atoms with Gasteiger partial charge in [0.1, 0.15) is 11.4 Å². The van der Waals surface area contributed by atoms with Crippen LogP contribution in [0.2, 0.25) is 0 Å². The second kappa shape index (κ2) is 7.01. The first-order valence-electron chi connectivity index (χ1n) is 5.96. The van der Waals surface area contributed by atoms with E-state index in [1.54, 1.807) is 18.0 Å². The largest absolute Gasteiger partial charge is 0.495 e. The van der Waals surface area contributed by atoms with Crippen molar-refractivity contribution in [3.05, 3.63) is 33.0 Å². The van der Waals surface area contributed by atoms with Crippen LogP contribution in [0.1, 0.15) is 5.69 Å². The molecule has 2 aromatic rings. The first-order valence-corrected chi connectivity index (χ1v) is 7.55. The Morgan fingerprint density at radius 2 is 2.19 bits per heavy atom. The van der Waals surface area contributed by atoms with Crippen molar-refractivity contribution < 1.29 is 9.53 Å². The van der Waals surface area contributed by atoms with E-state index in [0.717, 1.165) is 14.6 Å². The fourth-order valence-electron chi connectivity index (χ4n) is 1.61. The summed E-state index contributed by atoms with van der Waals surface area (Å²) in [4.78, 5) is 11.1. The number of nitrogens with two attached hydrogens (primary N) is 1. The molecule has 0 aliphatic rings. The van der Waals surface area contributed by atoms with E-state index in [2.05, 4.69) is 47.5 Å². The molecule has 1 heterocycles. The van der Waals surface area contributed by atoms with Gasteiger partial charge in [-0.2, -0.15) is 0 Å². The Balaban J connectivity index is 2.23. The van der Waals surface area contributed by atoms with Gasteiger partial charge in [-0.1, -0.05) is 5.21 Å². The third-order valence-corrected chi connectivity index (χ3v) is 3.92. The maximum Gasteiger partial charge on any atom is 0.234 e. The van der Waals surface area contributed by atoms with E-state index in [1.807, 2.05) is 12.1 Å². The van der Waals surface area contributed by atoms with Gasteiger partial charge < -0.3 is 15.8 Å². The van der Waals surface area contributed by atoms with Crippen LogP contribution in [0.4, 0.5) is 0 Å². The number of ether oxygens (including phenoxy) is 1. The van der Waals surface area contributed by atoms with Gasteiger partial charge in [0.25, 0.3) is 0 Å². The molecule has 0 bridgehead atoms. The molecule has 0 atom stereocenters. The predicted octanol–water partition coefficient (Wildman–Crippen LogP) is 1.38. The number of rotatable bonds is 5. The Labute approximate surface area is 138 Å². The zero-order valence-corrected chi connectivity index (χ0v) is 14.3. The van der Waals surface area contributed by atoms with Crippen molar-refractivity contribution in [2.75, 3.05) is 13.7 Å². The molecular formula is C12H13Br2N5O2. The monoisotopic (exact) mass is 417 g/mol. The molecule has 0 spiro atoms. The van der Waals surface area contributed by atoms with Crippen LogP contribution in [0.15, 0.2) is 27.3 Å². The highest BCUT2D eigenvalue weighted by molar-refractivity contribution is 9.11. The lowest BCUT2D eigenvalue weighted by Crippen LogP contribution is -2.29. The van der Waals surface area contributed by atoms with Gasteiger partial charge in [0.2, 0.25) is 5.91 Å². The van der Waals surface area contributed by atoms with Crippen LogP contribution in [-0.2, 0) is 11.3 Å². The average molecular weight is 419 g/mol. The minimum atomic E-state index is -0.240. The Hall–Kier alpha value is -1.45. The summed E-state index contributed by atoms with van der Waals surface area (Å²) in [5, 5.41) is 10.7. The number of hydrogen-bond donors (Lipinski definition) is 2. The Morgan fingerprint density at radius 1 is 1.43 bits per heavy atom. The molecule has 7 nitrogen and oxygen atoms in total. The number of halogens is 2. The second-order valence-corrected chi connectivity index (χ2v) is 5.78. The highest BCUT2D eigenvalue weighted by atomic mass is 79.9. The second-order valence-electron chi connectivity index (χ2n) is 4.07. The average Bonchev–Trinajstić information content (AvgIpc) is 2.93. The van der Waals surface area contributed by atoms with Gasteiger partial charge in [0.05, 0.1) is 36.6 Å². The minimum Gasteiger partial charge on any atom is -0.495 e. The third kappa shape index (κ3) is 3.80. The summed E-state index contributed by atoms with van der Waals surface area (Å²) in [7, 11) is 1.59. The van der Waals surface area contributed by atoms with E-state index in [9.17, 15) is 4.79 Å². The van der Waals surface area contributed by atoms with Gasteiger partial charge in [-0.25, -0.2) is 4.68 Å². The molecule has 1 amide bonds. The quantitative estimate of drug-likeness (QED) is 0.764. The van der Waals surface area contributed by atoms with E-state index >= 15 is 0 Å². The number of benzene rings is 1. The van der Waals surface area contributed by atoms with Crippen LogP contribution in [-0.4, -0.2) is 34.6 Å². The van der Waals surface area contributed by atoms with Crippen LogP contribution >= 0.6 is 31.9 Å². The summed E-state index contributed by atoms with van der Waals surface area (Å²) < 4.78 is 8.52. The zero-order chi connectivity index (χ0) is 15.4. The van der Waals surface area contributed by atoms with Gasteiger partial charge >= 0.3 is 0 Å². The number of nitrogens with one attached hydrogen (secondary N) is 1. The fraction of sp³-hybridized carbons (Fsp3) is 0.250. The first-order chi connectivity index (χ1) is 10.0. The molecule has 0 aliphatic carbocycles. The standard InChI is InChI=1S/C12H13Br2N5O2/c1-21-11-3-10(8(13)2-9(11)14)19-6-7(17-18-19)5-16-12(20)4-15/h2-3,6H,4-5,15H2,1H3,(H,16,20). The summed E-state index contributed by atoms with van der Waals surface area (Å²) in [5.41, 5.74) is 6.63. The van der Waals surface area contributed by atoms with Gasteiger partial charge in [0.15, 0.2) is 0 Å². The lowest BCUT2D eigenvalue weighted by molar-refractivity contribution is -0.119. The summed E-state index contributed by atoms with van der Waals surface area (Å²) in [5.74, 6) is 0.442. The number of carbonyl (C=O) groups is 1. The maximum absolute atomic E-state index is 11.1. The summed E-state index contributed by atoms with van der Waals surface area (Å²) >= 11 is 6.88. The number of amides is 1. The van der Waals surface area contributed by atoms with E-state index in [0.29, 0.717) is 11.4 Å². The van der Waals surface area contributed by atoms with Gasteiger partial charge in [0, 0.05) is 10.5 Å². The number of aromatic nitrogens is 3. The molecule has 0 radical (unpaired) electrons. The minimum absolute atomic E-state index is 0.0520. The molecule has 0 saturated carbocycles. The maximum atomic E-state index is 11.1. The summed E-state index contributed by atoms with van der Waals surface area (Å²) in [6.07, 6.45) is 1.73. The number of carbonyl (C=O) groups excluding carboxylic acids is 1. The number of methoxy groups -OCH3 is 1. The SMILES string of the molecule is COc1cc(-n2cc(CNC(=O)CN)nn2)c(Br)cc1Br. The van der Waals surface area contributed by atoms with Crippen molar-refractivity contribution in [1.29, 1.82) is 0 Å². The zero-order valence-electron chi connectivity index (χ0n) is 11.1. The molecule has 1 aromatic carbocycles.